The van der Waals surface area contributed by atoms with Gasteiger partial charge in [0.05, 0.1) is 24.7 Å². The molecule has 0 atom stereocenters. The normalized spacial score (nSPS) is 14.3. The fraction of sp³-hybridized carbons (Fsp3) is 0.304. The molecule has 1 aliphatic rings. The summed E-state index contributed by atoms with van der Waals surface area (Å²) >= 11 is 0. The molecule has 1 aliphatic heterocycles. The summed E-state index contributed by atoms with van der Waals surface area (Å²) in [7, 11) is 3.72. The first-order valence-electron chi connectivity index (χ1n) is 10.3. The average molecular weight is 422 g/mol. The van der Waals surface area contributed by atoms with Gasteiger partial charge in [0.1, 0.15) is 11.5 Å². The summed E-state index contributed by atoms with van der Waals surface area (Å²) in [6.07, 6.45) is 3.66. The molecule has 0 saturated carbocycles. The summed E-state index contributed by atoms with van der Waals surface area (Å²) < 4.78 is 10.8. The number of ether oxygens (including phenoxy) is 2. The molecule has 2 N–H and O–H groups in total. The van der Waals surface area contributed by atoms with Gasteiger partial charge in [-0.3, -0.25) is 9.89 Å². The number of amides is 1. The average Bonchev–Trinajstić information content (AvgIpc) is 3.34. The number of carbonyl (C=O) groups is 1. The molecule has 0 unspecified atom stereocenters. The van der Waals surface area contributed by atoms with E-state index in [9.17, 15) is 4.79 Å². The van der Waals surface area contributed by atoms with Gasteiger partial charge in [-0.2, -0.15) is 5.10 Å². The summed E-state index contributed by atoms with van der Waals surface area (Å²) in [6, 6.07) is 13.2. The lowest BCUT2D eigenvalue weighted by Crippen LogP contribution is -2.44. The number of likely N-dealkylation sites (N-methyl/N-ethyl adjacent to an activating group) is 1. The zero-order valence-electron chi connectivity index (χ0n) is 17.8. The van der Waals surface area contributed by atoms with Crippen LogP contribution in [0, 0.1) is 0 Å². The lowest BCUT2D eigenvalue weighted by molar-refractivity contribution is -0.118. The molecule has 8 nitrogen and oxygen atoms in total. The second-order valence-electron chi connectivity index (χ2n) is 7.53. The first-order valence-corrected chi connectivity index (χ1v) is 10.3. The second-order valence-corrected chi connectivity index (χ2v) is 7.53. The molecule has 0 radical (unpaired) electrons. The van der Waals surface area contributed by atoms with Crippen LogP contribution >= 0.6 is 0 Å². The number of H-pyrrole nitrogens is 1. The van der Waals surface area contributed by atoms with E-state index in [1.165, 1.54) is 0 Å². The smallest absolute Gasteiger partial charge is 0.262 e. The molecule has 0 bridgehead atoms. The van der Waals surface area contributed by atoms with Gasteiger partial charge in [0.2, 0.25) is 0 Å². The van der Waals surface area contributed by atoms with Crippen LogP contribution in [0.3, 0.4) is 0 Å². The second kappa shape index (κ2) is 9.53. The largest absolute Gasteiger partial charge is 0.497 e. The van der Waals surface area contributed by atoms with Crippen molar-refractivity contribution < 1.29 is 14.3 Å². The molecule has 1 fully saturated rings. The number of methoxy groups -OCH3 is 1. The molecular weight excluding hydrogens is 394 g/mol. The number of rotatable bonds is 7. The van der Waals surface area contributed by atoms with Gasteiger partial charge < -0.3 is 24.6 Å². The fourth-order valence-corrected chi connectivity index (χ4v) is 3.56. The molecule has 0 aliphatic carbocycles. The highest BCUT2D eigenvalue weighted by Crippen LogP contribution is 2.32. The number of hydrogen-bond acceptors (Lipinski definition) is 6. The first kappa shape index (κ1) is 20.7. The minimum absolute atomic E-state index is 0.0845. The Morgan fingerprint density at radius 1 is 1.10 bits per heavy atom. The van der Waals surface area contributed by atoms with Crippen LogP contribution < -0.4 is 19.7 Å². The van der Waals surface area contributed by atoms with E-state index in [4.69, 9.17) is 9.47 Å². The lowest BCUT2D eigenvalue weighted by Gasteiger charge is -2.35. The maximum absolute atomic E-state index is 12.6. The zero-order valence-corrected chi connectivity index (χ0v) is 17.8. The third-order valence-electron chi connectivity index (χ3n) is 5.36. The molecule has 3 aromatic rings. The van der Waals surface area contributed by atoms with Crippen molar-refractivity contribution in [1.82, 2.24) is 15.1 Å². The Morgan fingerprint density at radius 3 is 2.65 bits per heavy atom. The van der Waals surface area contributed by atoms with Crippen LogP contribution in [0.5, 0.6) is 11.5 Å². The Balaban J connectivity index is 1.50. The zero-order chi connectivity index (χ0) is 21.6. The van der Waals surface area contributed by atoms with Gasteiger partial charge in [0, 0.05) is 44.0 Å². The van der Waals surface area contributed by atoms with Crippen LogP contribution in [-0.4, -0.2) is 67.9 Å². The van der Waals surface area contributed by atoms with Crippen LogP contribution in [0.4, 0.5) is 11.4 Å². The topological polar surface area (TPSA) is 82.7 Å². The molecular formula is C23H27N5O3. The predicted molar refractivity (Wildman–Crippen MR) is 121 cm³/mol. The molecule has 1 saturated heterocycles. The Labute approximate surface area is 181 Å². The van der Waals surface area contributed by atoms with Gasteiger partial charge in [-0.05, 0) is 36.9 Å². The number of piperazine rings is 1. The molecule has 8 heteroatoms. The highest BCUT2D eigenvalue weighted by Gasteiger charge is 2.19. The third-order valence-corrected chi connectivity index (χ3v) is 5.36. The van der Waals surface area contributed by atoms with E-state index in [0.717, 1.165) is 48.7 Å². The van der Waals surface area contributed by atoms with E-state index >= 15 is 0 Å². The summed E-state index contributed by atoms with van der Waals surface area (Å²) in [5.41, 5.74) is 3.83. The number of aromatic amines is 1. The number of anilines is 2. The summed E-state index contributed by atoms with van der Waals surface area (Å²) in [6.45, 7) is 3.66. The molecule has 2 heterocycles. The van der Waals surface area contributed by atoms with Crippen molar-refractivity contribution in [3.63, 3.8) is 0 Å². The molecule has 162 valence electrons. The Morgan fingerprint density at radius 2 is 1.90 bits per heavy atom. The Bertz CT molecular complexity index is 1010. The van der Waals surface area contributed by atoms with Gasteiger partial charge in [-0.25, -0.2) is 0 Å². The van der Waals surface area contributed by atoms with Gasteiger partial charge in [-0.1, -0.05) is 12.1 Å². The molecule has 1 aromatic heterocycles. The SMILES string of the molecule is COc1cccc(OCC(=O)Nc2ccc(-c3cn[nH]c3)cc2N2CCN(C)CC2)c1. The lowest BCUT2D eigenvalue weighted by atomic mass is 10.1. The van der Waals surface area contributed by atoms with Gasteiger partial charge >= 0.3 is 0 Å². The van der Waals surface area contributed by atoms with E-state index in [0.29, 0.717) is 11.5 Å². The Hall–Kier alpha value is -3.52. The van der Waals surface area contributed by atoms with Crippen LogP contribution in [0.25, 0.3) is 11.1 Å². The fourth-order valence-electron chi connectivity index (χ4n) is 3.56. The van der Waals surface area contributed by atoms with Crippen molar-refractivity contribution in [2.75, 3.05) is 57.2 Å². The number of aromatic nitrogens is 2. The minimum Gasteiger partial charge on any atom is -0.497 e. The van der Waals surface area contributed by atoms with Gasteiger partial charge in [-0.15, -0.1) is 0 Å². The third kappa shape index (κ3) is 5.16. The highest BCUT2D eigenvalue weighted by atomic mass is 16.5. The number of nitrogens with zero attached hydrogens (tertiary/aromatic N) is 3. The van der Waals surface area contributed by atoms with Crippen molar-refractivity contribution in [1.29, 1.82) is 0 Å². The number of nitrogens with one attached hydrogen (secondary N) is 2. The number of hydrogen-bond donors (Lipinski definition) is 2. The van der Waals surface area contributed by atoms with Crippen molar-refractivity contribution in [3.05, 3.63) is 54.9 Å². The van der Waals surface area contributed by atoms with Crippen molar-refractivity contribution in [3.8, 4) is 22.6 Å². The van der Waals surface area contributed by atoms with E-state index in [1.54, 1.807) is 25.4 Å². The van der Waals surface area contributed by atoms with Crippen molar-refractivity contribution in [2.45, 2.75) is 0 Å². The van der Waals surface area contributed by atoms with E-state index < -0.39 is 0 Å². The first-order chi connectivity index (χ1) is 15.1. The van der Waals surface area contributed by atoms with Gasteiger partial charge in [0.25, 0.3) is 5.91 Å². The molecule has 2 aromatic carbocycles. The highest BCUT2D eigenvalue weighted by molar-refractivity contribution is 5.96. The van der Waals surface area contributed by atoms with Crippen LogP contribution in [-0.2, 0) is 4.79 Å². The van der Waals surface area contributed by atoms with Crippen molar-refractivity contribution in [2.24, 2.45) is 0 Å². The summed E-state index contributed by atoms with van der Waals surface area (Å²) in [5.74, 6) is 1.06. The van der Waals surface area contributed by atoms with E-state index in [-0.39, 0.29) is 12.5 Å². The predicted octanol–water partition coefficient (Wildman–Crippen LogP) is 2.85. The maximum atomic E-state index is 12.6. The van der Waals surface area contributed by atoms with E-state index in [1.807, 2.05) is 30.5 Å². The number of carbonyl (C=O) groups excluding carboxylic acids is 1. The molecule has 4 rings (SSSR count). The van der Waals surface area contributed by atoms with Gasteiger partial charge in [0.15, 0.2) is 6.61 Å². The van der Waals surface area contributed by atoms with Crippen LogP contribution in [0.15, 0.2) is 54.9 Å². The van der Waals surface area contributed by atoms with Crippen molar-refractivity contribution >= 4 is 17.3 Å². The van der Waals surface area contributed by atoms with Crippen LogP contribution in [0.2, 0.25) is 0 Å². The van der Waals surface area contributed by atoms with E-state index in [2.05, 4.69) is 38.4 Å². The van der Waals surface area contributed by atoms with Crippen LogP contribution in [0.1, 0.15) is 0 Å². The molecule has 1 amide bonds. The number of benzene rings is 2. The minimum atomic E-state index is -0.214. The maximum Gasteiger partial charge on any atom is 0.262 e. The molecule has 0 spiro atoms. The monoisotopic (exact) mass is 421 g/mol. The Kier molecular flexibility index (Phi) is 6.37. The molecule has 31 heavy (non-hydrogen) atoms. The summed E-state index contributed by atoms with van der Waals surface area (Å²) in [4.78, 5) is 17.2. The summed E-state index contributed by atoms with van der Waals surface area (Å²) in [5, 5.41) is 9.92. The quantitative estimate of drug-likeness (QED) is 0.611. The standard InChI is InChI=1S/C23H27N5O3/c1-27-8-10-28(11-9-27)22-12-17(18-14-24-25-15-18)6-7-21(22)26-23(29)16-31-20-5-3-4-19(13-20)30-2/h3-7,12-15H,8-11,16H2,1-2H3,(H,24,25)(H,26,29).